The summed E-state index contributed by atoms with van der Waals surface area (Å²) in [4.78, 5) is 13.4. The van der Waals surface area contributed by atoms with E-state index in [0.29, 0.717) is 13.0 Å². The van der Waals surface area contributed by atoms with Gasteiger partial charge in [0.2, 0.25) is 0 Å². The van der Waals surface area contributed by atoms with Gasteiger partial charge in [-0.05, 0) is 42.0 Å². The lowest BCUT2D eigenvalue weighted by Gasteiger charge is -2.21. The van der Waals surface area contributed by atoms with Crippen molar-refractivity contribution in [3.63, 3.8) is 0 Å². The number of nitrogens with zero attached hydrogens (tertiary/aromatic N) is 1. The number of thiophene rings is 1. The summed E-state index contributed by atoms with van der Waals surface area (Å²) in [5.41, 5.74) is -1.57. The highest BCUT2D eigenvalue weighted by atomic mass is 32.1. The molecule has 1 heterocycles. The zero-order chi connectivity index (χ0) is 20.0. The number of carbonyl (C=O) groups is 1. The number of halogens is 3. The van der Waals surface area contributed by atoms with Gasteiger partial charge in [0.1, 0.15) is 5.75 Å². The van der Waals surface area contributed by atoms with Crippen LogP contribution in [0.1, 0.15) is 36.3 Å². The monoisotopic (exact) mass is 396 g/mol. The molecule has 0 spiro atoms. The van der Waals surface area contributed by atoms with E-state index in [4.69, 9.17) is 10.00 Å². The van der Waals surface area contributed by atoms with Crippen molar-refractivity contribution in [2.75, 3.05) is 0 Å². The van der Waals surface area contributed by atoms with Crippen LogP contribution in [-0.4, -0.2) is 12.0 Å². The molecular formula is C19H19F3N2O2S. The van der Waals surface area contributed by atoms with Gasteiger partial charge in [-0.3, -0.25) is 4.79 Å². The number of ether oxygens (including phenoxy) is 1. The number of amides is 1. The molecule has 1 unspecified atom stereocenters. The molecule has 4 nitrogen and oxygen atoms in total. The van der Waals surface area contributed by atoms with Crippen LogP contribution >= 0.6 is 11.3 Å². The highest BCUT2D eigenvalue weighted by Gasteiger charge is 2.34. The van der Waals surface area contributed by atoms with Gasteiger partial charge in [0.25, 0.3) is 5.91 Å². The molecule has 27 heavy (non-hydrogen) atoms. The van der Waals surface area contributed by atoms with Crippen LogP contribution in [0.5, 0.6) is 5.75 Å². The first-order chi connectivity index (χ1) is 12.7. The van der Waals surface area contributed by atoms with Crippen molar-refractivity contribution in [1.29, 1.82) is 5.26 Å². The molecule has 144 valence electrons. The number of hydrogen-bond donors (Lipinski definition) is 1. The number of benzene rings is 1. The van der Waals surface area contributed by atoms with E-state index in [9.17, 15) is 18.0 Å². The second-order valence-corrected chi connectivity index (χ2v) is 7.38. The van der Waals surface area contributed by atoms with Crippen molar-refractivity contribution in [2.45, 2.75) is 39.1 Å². The molecular weight excluding hydrogens is 377 g/mol. The Morgan fingerprint density at radius 3 is 2.63 bits per heavy atom. The molecule has 1 N–H and O–H groups in total. The molecule has 2 rings (SSSR count). The Morgan fingerprint density at radius 2 is 2.07 bits per heavy atom. The summed E-state index contributed by atoms with van der Waals surface area (Å²) >= 11 is 1.49. The topological polar surface area (TPSA) is 62.1 Å². The Balaban J connectivity index is 2.17. The maximum Gasteiger partial charge on any atom is 0.417 e. The van der Waals surface area contributed by atoms with Crippen LogP contribution in [0.2, 0.25) is 0 Å². The summed E-state index contributed by atoms with van der Waals surface area (Å²) in [6.45, 7) is 4.11. The maximum atomic E-state index is 13.1. The highest BCUT2D eigenvalue weighted by molar-refractivity contribution is 7.09. The van der Waals surface area contributed by atoms with E-state index in [0.717, 1.165) is 17.0 Å². The number of hydrogen-bond acceptors (Lipinski definition) is 4. The molecule has 1 atom stereocenters. The third-order valence-electron chi connectivity index (χ3n) is 3.69. The van der Waals surface area contributed by atoms with E-state index in [1.165, 1.54) is 23.5 Å². The quantitative estimate of drug-likeness (QED) is 0.735. The van der Waals surface area contributed by atoms with E-state index in [-0.39, 0.29) is 11.7 Å². The average Bonchev–Trinajstić information content (AvgIpc) is 3.11. The molecule has 0 saturated carbocycles. The van der Waals surface area contributed by atoms with Crippen LogP contribution in [0.25, 0.3) is 0 Å². The number of alkyl halides is 3. The molecule has 0 radical (unpaired) electrons. The lowest BCUT2D eigenvalue weighted by molar-refractivity contribution is -0.137. The Labute approximate surface area is 159 Å². The van der Waals surface area contributed by atoms with Crippen molar-refractivity contribution in [3.8, 4) is 11.8 Å². The van der Waals surface area contributed by atoms with Gasteiger partial charge in [0.05, 0.1) is 23.7 Å². The van der Waals surface area contributed by atoms with Crippen molar-refractivity contribution < 1.29 is 22.7 Å². The zero-order valence-electron chi connectivity index (χ0n) is 14.8. The van der Waals surface area contributed by atoms with Gasteiger partial charge in [-0.2, -0.15) is 18.4 Å². The summed E-state index contributed by atoms with van der Waals surface area (Å²) in [7, 11) is 0. The molecule has 0 aliphatic rings. The first-order valence-electron chi connectivity index (χ1n) is 8.28. The van der Waals surface area contributed by atoms with Crippen molar-refractivity contribution in [1.82, 2.24) is 5.32 Å². The van der Waals surface area contributed by atoms with E-state index in [2.05, 4.69) is 5.32 Å². The van der Waals surface area contributed by atoms with E-state index < -0.39 is 29.3 Å². The fourth-order valence-corrected chi connectivity index (χ4v) is 3.08. The molecule has 1 aromatic carbocycles. The van der Waals surface area contributed by atoms with E-state index in [1.807, 2.05) is 31.4 Å². The summed E-state index contributed by atoms with van der Waals surface area (Å²) in [5.74, 6) is -0.392. The van der Waals surface area contributed by atoms with Crippen LogP contribution in [-0.2, 0) is 17.5 Å². The summed E-state index contributed by atoms with van der Waals surface area (Å²) < 4.78 is 44.9. The molecule has 1 aromatic heterocycles. The third-order valence-corrected chi connectivity index (χ3v) is 4.57. The predicted octanol–water partition coefficient (Wildman–Crippen LogP) is 4.75. The minimum atomic E-state index is -4.68. The summed E-state index contributed by atoms with van der Waals surface area (Å²) in [5, 5.41) is 13.5. The van der Waals surface area contributed by atoms with Gasteiger partial charge in [0.15, 0.2) is 6.10 Å². The largest absolute Gasteiger partial charge is 0.481 e. The normalized spacial score (nSPS) is 12.5. The lowest BCUT2D eigenvalue weighted by atomic mass is 10.0. The Hall–Kier alpha value is -2.53. The SMILES string of the molecule is CC(C)CC(Oc1ccc(C#N)c(C(F)(F)F)c1)C(=O)NCc1cccs1. The number of nitriles is 1. The fraction of sp³-hybridized carbons (Fsp3) is 0.368. The Kier molecular flexibility index (Phi) is 6.86. The molecule has 0 fully saturated rings. The molecule has 2 aromatic rings. The van der Waals surface area contributed by atoms with Gasteiger partial charge < -0.3 is 10.1 Å². The zero-order valence-corrected chi connectivity index (χ0v) is 15.7. The second kappa shape index (κ2) is 8.91. The van der Waals surface area contributed by atoms with Gasteiger partial charge in [-0.15, -0.1) is 11.3 Å². The average molecular weight is 396 g/mol. The minimum Gasteiger partial charge on any atom is -0.481 e. The molecule has 0 aliphatic heterocycles. The first kappa shape index (κ1) is 20.8. The van der Waals surface area contributed by atoms with Crippen LogP contribution in [0.4, 0.5) is 13.2 Å². The molecule has 1 amide bonds. The molecule has 8 heteroatoms. The summed E-state index contributed by atoms with van der Waals surface area (Å²) in [6.07, 6.45) is -5.27. The Morgan fingerprint density at radius 1 is 1.33 bits per heavy atom. The predicted molar refractivity (Wildman–Crippen MR) is 96.2 cm³/mol. The van der Waals surface area contributed by atoms with Gasteiger partial charge in [-0.1, -0.05) is 19.9 Å². The van der Waals surface area contributed by atoms with Crippen molar-refractivity contribution >= 4 is 17.2 Å². The minimum absolute atomic E-state index is 0.0988. The third kappa shape index (κ3) is 6.00. The fourth-order valence-electron chi connectivity index (χ4n) is 2.43. The van der Waals surface area contributed by atoms with E-state index in [1.54, 1.807) is 0 Å². The lowest BCUT2D eigenvalue weighted by Crippen LogP contribution is -2.38. The van der Waals surface area contributed by atoms with Crippen LogP contribution < -0.4 is 10.1 Å². The maximum absolute atomic E-state index is 13.1. The number of carbonyl (C=O) groups excluding carboxylic acids is 1. The molecule has 0 bridgehead atoms. The Bertz CT molecular complexity index is 811. The van der Waals surface area contributed by atoms with E-state index >= 15 is 0 Å². The van der Waals surface area contributed by atoms with Gasteiger partial charge in [-0.25, -0.2) is 0 Å². The molecule has 0 aliphatic carbocycles. The first-order valence-corrected chi connectivity index (χ1v) is 9.16. The van der Waals surface area contributed by atoms with Crippen LogP contribution in [0.3, 0.4) is 0 Å². The van der Waals surface area contributed by atoms with Crippen LogP contribution in [0, 0.1) is 17.2 Å². The standard InChI is InChI=1S/C19H19F3N2O2S/c1-12(2)8-17(18(25)24-11-15-4-3-7-27-15)26-14-6-5-13(10-23)16(9-14)19(20,21)22/h3-7,9,12,17H,8,11H2,1-2H3,(H,24,25). The molecule has 0 saturated heterocycles. The number of nitrogens with one attached hydrogen (secondary N) is 1. The number of rotatable bonds is 7. The second-order valence-electron chi connectivity index (χ2n) is 6.35. The van der Waals surface area contributed by atoms with Gasteiger partial charge >= 0.3 is 6.18 Å². The smallest absolute Gasteiger partial charge is 0.417 e. The van der Waals surface area contributed by atoms with Crippen molar-refractivity contribution in [2.24, 2.45) is 5.92 Å². The van der Waals surface area contributed by atoms with Crippen molar-refractivity contribution in [3.05, 3.63) is 51.7 Å². The van der Waals surface area contributed by atoms with Gasteiger partial charge in [0, 0.05) is 4.88 Å². The highest BCUT2D eigenvalue weighted by Crippen LogP contribution is 2.34. The summed E-state index contributed by atoms with van der Waals surface area (Å²) in [6, 6.07) is 8.34. The van der Waals surface area contributed by atoms with Crippen LogP contribution in [0.15, 0.2) is 35.7 Å².